The van der Waals surface area contributed by atoms with Crippen LogP contribution in [0, 0.1) is 0 Å². The summed E-state index contributed by atoms with van der Waals surface area (Å²) in [6, 6.07) is 5.99. The Morgan fingerprint density at radius 3 is 1.82 bits per heavy atom. The van der Waals surface area contributed by atoms with Gasteiger partial charge in [0.25, 0.3) is 5.78 Å². The predicted octanol–water partition coefficient (Wildman–Crippen LogP) is 0.712. The minimum Gasteiger partial charge on any atom is -0.478 e. The Kier molecular flexibility index (Phi) is 7.48. The van der Waals surface area contributed by atoms with Crippen LogP contribution in [0.5, 0.6) is 0 Å². The van der Waals surface area contributed by atoms with Crippen molar-refractivity contribution in [3.63, 3.8) is 0 Å². The van der Waals surface area contributed by atoms with Crippen molar-refractivity contribution in [3.05, 3.63) is 41.5 Å². The lowest BCUT2D eigenvalue weighted by molar-refractivity contribution is -0.148. The van der Waals surface area contributed by atoms with Gasteiger partial charge < -0.3 is 15.3 Å². The topological polar surface area (TPSA) is 146 Å². The summed E-state index contributed by atoms with van der Waals surface area (Å²) in [5.74, 6) is -6.02. The van der Waals surface area contributed by atoms with Crippen molar-refractivity contribution < 1.29 is 39.3 Å². The molecular weight excluding hydrogens is 296 g/mol. The highest BCUT2D eigenvalue weighted by molar-refractivity contribution is 6.38. The molecule has 0 amide bonds. The number of hydrogen-bond acceptors (Lipinski definition) is 5. The second kappa shape index (κ2) is 8.80. The summed E-state index contributed by atoms with van der Waals surface area (Å²) in [7, 11) is 0. The Hall–Kier alpha value is -3.29. The van der Waals surface area contributed by atoms with Crippen LogP contribution in [0.15, 0.2) is 30.3 Å². The lowest BCUT2D eigenvalue weighted by Crippen LogP contribution is -2.08. The van der Waals surface area contributed by atoms with Crippen molar-refractivity contribution in [3.8, 4) is 0 Å². The smallest absolute Gasteiger partial charge is 0.376 e. The number of carboxylic acid groups (broad SMARTS) is 3. The van der Waals surface area contributed by atoms with Crippen LogP contribution in [0.1, 0.15) is 22.8 Å². The second-order valence-corrected chi connectivity index (χ2v) is 3.76. The van der Waals surface area contributed by atoms with E-state index < -0.39 is 29.5 Å². The van der Waals surface area contributed by atoms with Gasteiger partial charge in [-0.05, 0) is 23.8 Å². The Bertz CT molecular complexity index is 630. The minimum atomic E-state index is -1.58. The molecule has 116 valence electrons. The van der Waals surface area contributed by atoms with Crippen LogP contribution < -0.4 is 0 Å². The maximum atomic E-state index is 10.8. The first-order valence-electron chi connectivity index (χ1n) is 5.68. The molecule has 8 nitrogen and oxygen atoms in total. The second-order valence-electron chi connectivity index (χ2n) is 3.76. The number of ketones is 2. The summed E-state index contributed by atoms with van der Waals surface area (Å²) in [5.41, 5.74) is 0.293. The van der Waals surface area contributed by atoms with Gasteiger partial charge in [0.15, 0.2) is 0 Å². The van der Waals surface area contributed by atoms with E-state index in [4.69, 9.17) is 15.3 Å². The molecule has 8 heteroatoms. The average Bonchev–Trinajstić information content (AvgIpc) is 2.45. The van der Waals surface area contributed by atoms with Crippen LogP contribution in [-0.2, 0) is 19.2 Å². The molecule has 1 aromatic rings. The zero-order chi connectivity index (χ0) is 17.3. The molecule has 0 radical (unpaired) electrons. The lowest BCUT2D eigenvalue weighted by Gasteiger charge is -1.98. The quantitative estimate of drug-likeness (QED) is 0.532. The molecule has 0 aliphatic rings. The van der Waals surface area contributed by atoms with Crippen molar-refractivity contribution in [2.75, 3.05) is 0 Å². The monoisotopic (exact) mass is 308 g/mol. The number of benzene rings is 1. The predicted molar refractivity (Wildman–Crippen MR) is 73.4 cm³/mol. The van der Waals surface area contributed by atoms with Crippen LogP contribution in [-0.4, -0.2) is 44.8 Å². The van der Waals surface area contributed by atoms with Crippen molar-refractivity contribution in [2.45, 2.75) is 6.92 Å². The van der Waals surface area contributed by atoms with Gasteiger partial charge in [-0.25, -0.2) is 14.4 Å². The molecule has 22 heavy (non-hydrogen) atoms. The molecular formula is C14H12O8. The van der Waals surface area contributed by atoms with Crippen LogP contribution >= 0.6 is 0 Å². The molecule has 3 N–H and O–H groups in total. The van der Waals surface area contributed by atoms with Crippen molar-refractivity contribution in [1.82, 2.24) is 0 Å². The summed E-state index contributed by atoms with van der Waals surface area (Å²) in [5, 5.41) is 24.8. The Morgan fingerprint density at radius 2 is 1.41 bits per heavy atom. The van der Waals surface area contributed by atoms with E-state index in [0.717, 1.165) is 13.0 Å². The van der Waals surface area contributed by atoms with Crippen molar-refractivity contribution >= 4 is 35.6 Å². The Labute approximate surface area is 124 Å². The van der Waals surface area contributed by atoms with Crippen LogP contribution in [0.4, 0.5) is 0 Å². The van der Waals surface area contributed by atoms with E-state index in [1.54, 1.807) is 12.1 Å². The van der Waals surface area contributed by atoms with Crippen molar-refractivity contribution in [1.29, 1.82) is 0 Å². The number of Topliss-reactive ketones (excluding diaryl/α,β-unsaturated/α-hetero) is 1. The minimum absolute atomic E-state index is 0.0111. The van der Waals surface area contributed by atoms with E-state index in [1.807, 2.05) is 0 Å². The standard InChI is InChI=1S/C11H8O5.C3H4O3/c12-9(11(15)16)6-5-7-3-1-2-4-8(7)10(13)14;1-2(4)3(5)6/h1-6H,(H,13,14)(H,15,16);1H3,(H,5,6). The third kappa shape index (κ3) is 6.75. The highest BCUT2D eigenvalue weighted by Crippen LogP contribution is 2.10. The summed E-state index contributed by atoms with van der Waals surface area (Å²) < 4.78 is 0. The van der Waals surface area contributed by atoms with Gasteiger partial charge in [0.2, 0.25) is 5.78 Å². The summed E-state index contributed by atoms with van der Waals surface area (Å²) >= 11 is 0. The molecule has 0 unspecified atom stereocenters. The molecule has 0 aliphatic carbocycles. The summed E-state index contributed by atoms with van der Waals surface area (Å²) in [4.78, 5) is 50.6. The van der Waals surface area contributed by atoms with Crippen LogP contribution in [0.2, 0.25) is 0 Å². The molecule has 0 atom stereocenters. The molecule has 0 aromatic heterocycles. The van der Waals surface area contributed by atoms with E-state index in [2.05, 4.69) is 0 Å². The maximum absolute atomic E-state index is 10.8. The fourth-order valence-electron chi connectivity index (χ4n) is 1.07. The molecule has 0 saturated heterocycles. The van der Waals surface area contributed by atoms with E-state index >= 15 is 0 Å². The Morgan fingerprint density at radius 1 is 0.909 bits per heavy atom. The van der Waals surface area contributed by atoms with Crippen molar-refractivity contribution in [2.24, 2.45) is 0 Å². The first kappa shape index (κ1) is 18.7. The number of hydrogen-bond donors (Lipinski definition) is 3. The number of carbonyl (C=O) groups is 5. The number of aromatic carboxylic acids is 1. The summed E-state index contributed by atoms with van der Waals surface area (Å²) in [6.45, 7) is 1.00. The fraction of sp³-hybridized carbons (Fsp3) is 0.0714. The van der Waals surface area contributed by atoms with Gasteiger partial charge in [0, 0.05) is 6.92 Å². The van der Waals surface area contributed by atoms with Gasteiger partial charge in [-0.3, -0.25) is 9.59 Å². The fourth-order valence-corrected chi connectivity index (χ4v) is 1.07. The van der Waals surface area contributed by atoms with Crippen LogP contribution in [0.3, 0.4) is 0 Å². The van der Waals surface area contributed by atoms with E-state index in [-0.39, 0.29) is 11.1 Å². The number of rotatable bonds is 5. The highest BCUT2D eigenvalue weighted by Gasteiger charge is 2.09. The third-order valence-electron chi connectivity index (χ3n) is 2.12. The van der Waals surface area contributed by atoms with E-state index in [1.165, 1.54) is 18.2 Å². The molecule has 0 saturated carbocycles. The molecule has 0 fully saturated rings. The number of carbonyl (C=O) groups excluding carboxylic acids is 2. The molecule has 1 aromatic carbocycles. The normalized spacial score (nSPS) is 9.50. The largest absolute Gasteiger partial charge is 0.478 e. The molecule has 0 heterocycles. The number of carboxylic acids is 3. The van der Waals surface area contributed by atoms with E-state index in [9.17, 15) is 24.0 Å². The van der Waals surface area contributed by atoms with Gasteiger partial charge in [-0.15, -0.1) is 0 Å². The maximum Gasteiger partial charge on any atom is 0.376 e. The lowest BCUT2D eigenvalue weighted by atomic mass is 10.1. The zero-order valence-electron chi connectivity index (χ0n) is 11.3. The van der Waals surface area contributed by atoms with Gasteiger partial charge >= 0.3 is 17.9 Å². The van der Waals surface area contributed by atoms with Gasteiger partial charge in [0.1, 0.15) is 0 Å². The molecule has 0 aliphatic heterocycles. The Balaban J connectivity index is 0.000000626. The molecule has 1 rings (SSSR count). The van der Waals surface area contributed by atoms with Gasteiger partial charge in [0.05, 0.1) is 5.56 Å². The first-order chi connectivity index (χ1) is 10.2. The average molecular weight is 308 g/mol. The third-order valence-corrected chi connectivity index (χ3v) is 2.12. The number of aliphatic carboxylic acids is 2. The van der Waals surface area contributed by atoms with E-state index in [0.29, 0.717) is 0 Å². The van der Waals surface area contributed by atoms with Gasteiger partial charge in [-0.1, -0.05) is 18.2 Å². The zero-order valence-corrected chi connectivity index (χ0v) is 11.3. The molecule has 0 spiro atoms. The summed E-state index contributed by atoms with van der Waals surface area (Å²) in [6.07, 6.45) is 1.99. The highest BCUT2D eigenvalue weighted by atomic mass is 16.4. The first-order valence-corrected chi connectivity index (χ1v) is 5.68. The van der Waals surface area contributed by atoms with Crippen LogP contribution in [0.25, 0.3) is 6.08 Å². The van der Waals surface area contributed by atoms with Gasteiger partial charge in [-0.2, -0.15) is 0 Å². The SMILES string of the molecule is CC(=O)C(=O)O.O=C(O)C(=O)C=Cc1ccccc1C(=O)O. The molecule has 0 bridgehead atoms.